The van der Waals surface area contributed by atoms with E-state index in [1.807, 2.05) is 19.1 Å². The Morgan fingerprint density at radius 3 is 2.41 bits per heavy atom. The lowest BCUT2D eigenvalue weighted by molar-refractivity contribution is -0.140. The number of rotatable bonds is 25. The summed E-state index contributed by atoms with van der Waals surface area (Å²) in [4.78, 5) is 27.8. The summed E-state index contributed by atoms with van der Waals surface area (Å²) >= 11 is 12.2. The highest BCUT2D eigenvalue weighted by Gasteiger charge is 2.30. The lowest BCUT2D eigenvalue weighted by Crippen LogP contribution is -2.36. The zero-order valence-electron chi connectivity index (χ0n) is 41.5. The van der Waals surface area contributed by atoms with E-state index in [0.29, 0.717) is 108 Å². The fraction of sp³-hybridized carbons (Fsp3) is 0.471. The molecule has 1 fully saturated rings. The fourth-order valence-corrected chi connectivity index (χ4v) is 8.40. The quantitative estimate of drug-likeness (QED) is 0.0172. The van der Waals surface area contributed by atoms with E-state index >= 15 is 0 Å². The van der Waals surface area contributed by atoms with E-state index in [4.69, 9.17) is 53.7 Å². The van der Waals surface area contributed by atoms with Crippen LogP contribution < -0.4 is 42.6 Å². The second-order valence-electron chi connectivity index (χ2n) is 17.8. The summed E-state index contributed by atoms with van der Waals surface area (Å²) < 4.78 is 64.8. The van der Waals surface area contributed by atoms with Gasteiger partial charge in [-0.1, -0.05) is 42.1 Å². The number of aromatic nitrogens is 1. The molecule has 396 valence electrons. The van der Waals surface area contributed by atoms with Crippen LogP contribution in [0.2, 0.25) is 10.0 Å². The number of amidine groups is 1. The summed E-state index contributed by atoms with van der Waals surface area (Å²) in [6.45, 7) is 6.10. The third-order valence-corrected chi connectivity index (χ3v) is 12.7. The number of carbonyl (C=O) groups is 2. The van der Waals surface area contributed by atoms with Gasteiger partial charge in [0.2, 0.25) is 5.91 Å². The number of amides is 2. The van der Waals surface area contributed by atoms with Crippen molar-refractivity contribution in [3.05, 3.63) is 93.9 Å². The lowest BCUT2D eigenvalue weighted by Gasteiger charge is -2.30. The van der Waals surface area contributed by atoms with Crippen molar-refractivity contribution in [2.75, 3.05) is 109 Å². The smallest absolute Gasteiger partial charge is 0.406 e. The predicted octanol–water partition coefficient (Wildman–Crippen LogP) is 7.00. The molecule has 4 aromatic rings. The fourth-order valence-electron chi connectivity index (χ4n) is 8.11. The van der Waals surface area contributed by atoms with E-state index in [2.05, 4.69) is 50.2 Å². The molecule has 3 aromatic carbocycles. The maximum absolute atomic E-state index is 13.8. The summed E-state index contributed by atoms with van der Waals surface area (Å²) in [5, 5.41) is 21.8. The number of likely N-dealkylation sites (tertiary alicyclic amines) is 1. The highest BCUT2D eigenvalue weighted by atomic mass is 35.5. The van der Waals surface area contributed by atoms with Crippen LogP contribution in [-0.2, 0) is 25.5 Å². The van der Waals surface area contributed by atoms with Crippen molar-refractivity contribution in [1.29, 1.82) is 0 Å². The van der Waals surface area contributed by atoms with E-state index in [1.54, 1.807) is 59.7 Å². The second-order valence-corrected chi connectivity index (χ2v) is 18.6. The van der Waals surface area contributed by atoms with Gasteiger partial charge in [0.25, 0.3) is 5.91 Å². The molecule has 1 atom stereocenters. The van der Waals surface area contributed by atoms with Gasteiger partial charge in [-0.3, -0.25) is 14.6 Å². The molecule has 0 aliphatic carbocycles. The minimum absolute atomic E-state index is 0.0262. The van der Waals surface area contributed by atoms with Gasteiger partial charge in [-0.05, 0) is 106 Å². The van der Waals surface area contributed by atoms with Crippen molar-refractivity contribution in [3.63, 3.8) is 0 Å². The number of ether oxygens (including phenoxy) is 4. The number of nitrogens with zero attached hydrogens (tertiary/aromatic N) is 5. The van der Waals surface area contributed by atoms with Gasteiger partial charge in [-0.2, -0.15) is 18.3 Å². The summed E-state index contributed by atoms with van der Waals surface area (Å²) in [7, 11) is 3.56. The van der Waals surface area contributed by atoms with Crippen LogP contribution in [0.1, 0.15) is 55.1 Å². The number of allylic oxidation sites excluding steroid dienone is 1. The zero-order chi connectivity index (χ0) is 52.3. The maximum Gasteiger partial charge on any atom is 0.406 e. The second kappa shape index (κ2) is 27.9. The van der Waals surface area contributed by atoms with Crippen molar-refractivity contribution in [2.24, 2.45) is 22.6 Å². The van der Waals surface area contributed by atoms with Crippen LogP contribution in [0.25, 0.3) is 10.9 Å². The summed E-state index contributed by atoms with van der Waals surface area (Å²) in [5.74, 6) is 12.5. The Balaban J connectivity index is 0.808. The number of benzene rings is 3. The van der Waals surface area contributed by atoms with Crippen LogP contribution in [0, 0.1) is 17.8 Å². The average Bonchev–Trinajstić information content (AvgIpc) is 3.89. The van der Waals surface area contributed by atoms with Gasteiger partial charge >= 0.3 is 6.18 Å². The molecule has 3 heterocycles. The van der Waals surface area contributed by atoms with Crippen LogP contribution in [0.4, 0.5) is 30.2 Å². The number of hydrazine groups is 1. The van der Waals surface area contributed by atoms with E-state index in [-0.39, 0.29) is 55.6 Å². The Labute approximate surface area is 434 Å². The molecule has 0 bridgehead atoms. The number of hydrogen-bond acceptors (Lipinski definition) is 14. The van der Waals surface area contributed by atoms with Gasteiger partial charge in [0.15, 0.2) is 0 Å². The van der Waals surface area contributed by atoms with Crippen molar-refractivity contribution < 1.29 is 41.7 Å². The number of methoxy groups -OCH3 is 1. The number of piperidine rings is 1. The summed E-state index contributed by atoms with van der Waals surface area (Å²) in [6, 6.07) is 17.5. The molecule has 17 nitrogen and oxygen atoms in total. The molecule has 2 aliphatic rings. The zero-order valence-corrected chi connectivity index (χ0v) is 43.0. The molecule has 22 heteroatoms. The SMILES string of the molecule is COc1cc(C(=O)NCCOCCOCCOCCN(N)/C=C(\N)CCCC(=O)NC2=NN(c3ccc(Cl)c(Cl)c3)C[C@@H]2C)ccc1NCC#Cc1cc2c(NC3CCN(C)CC3)cccc2n1CC(F)(F)F. The largest absolute Gasteiger partial charge is 0.495 e. The number of carbonyl (C=O) groups excluding carboxylic acids is 2. The topological polar surface area (TPSA) is 198 Å². The van der Waals surface area contributed by atoms with Gasteiger partial charge in [-0.25, -0.2) is 5.84 Å². The molecule has 2 amide bonds. The number of anilines is 3. The molecule has 1 saturated heterocycles. The van der Waals surface area contributed by atoms with Crippen LogP contribution in [0.3, 0.4) is 0 Å². The van der Waals surface area contributed by atoms with Gasteiger partial charge in [-0.15, -0.1) is 0 Å². The van der Waals surface area contributed by atoms with E-state index in [9.17, 15) is 22.8 Å². The normalized spacial score (nSPS) is 15.5. The molecule has 0 unspecified atom stereocenters. The van der Waals surface area contributed by atoms with Crippen molar-refractivity contribution in [1.82, 2.24) is 25.1 Å². The number of alkyl halides is 3. The first kappa shape index (κ1) is 56.4. The first-order valence-electron chi connectivity index (χ1n) is 24.2. The van der Waals surface area contributed by atoms with Gasteiger partial charge < -0.3 is 60.4 Å². The lowest BCUT2D eigenvalue weighted by atomic mass is 10.0. The third kappa shape index (κ3) is 17.9. The van der Waals surface area contributed by atoms with E-state index in [1.165, 1.54) is 16.7 Å². The van der Waals surface area contributed by atoms with Gasteiger partial charge in [0.05, 0.1) is 99.0 Å². The van der Waals surface area contributed by atoms with Gasteiger partial charge in [0, 0.05) is 53.5 Å². The summed E-state index contributed by atoms with van der Waals surface area (Å²) in [5.41, 5.74) is 9.92. The third-order valence-electron chi connectivity index (χ3n) is 12.0. The monoisotopic (exact) mass is 1060 g/mol. The van der Waals surface area contributed by atoms with Crippen molar-refractivity contribution in [3.8, 4) is 17.6 Å². The molecule has 1 aromatic heterocycles. The van der Waals surface area contributed by atoms with Crippen molar-refractivity contribution >= 4 is 68.8 Å². The van der Waals surface area contributed by atoms with E-state index in [0.717, 1.165) is 37.3 Å². The number of hydrazone groups is 1. The highest BCUT2D eigenvalue weighted by Crippen LogP contribution is 2.32. The molecule has 6 rings (SSSR count). The van der Waals surface area contributed by atoms with Crippen LogP contribution in [0.5, 0.6) is 5.75 Å². The molecular formula is C51H66Cl2F3N11O6. The molecule has 0 saturated carbocycles. The maximum atomic E-state index is 13.8. The Bertz CT molecular complexity index is 2600. The minimum atomic E-state index is -4.44. The summed E-state index contributed by atoms with van der Waals surface area (Å²) in [6.07, 6.45) is 0.376. The Morgan fingerprint density at radius 2 is 1.68 bits per heavy atom. The van der Waals surface area contributed by atoms with Gasteiger partial charge in [0.1, 0.15) is 18.1 Å². The van der Waals surface area contributed by atoms with Crippen LogP contribution in [-0.4, -0.2) is 137 Å². The number of nitrogens with one attached hydrogen (secondary N) is 4. The number of nitrogens with two attached hydrogens (primary N) is 2. The van der Waals surface area contributed by atoms with Crippen molar-refractivity contribution in [2.45, 2.75) is 57.8 Å². The first-order valence-corrected chi connectivity index (χ1v) is 25.0. The molecule has 8 N–H and O–H groups in total. The number of hydrogen-bond donors (Lipinski definition) is 6. The average molecular weight is 1060 g/mol. The van der Waals surface area contributed by atoms with Crippen LogP contribution >= 0.6 is 23.2 Å². The first-order chi connectivity index (χ1) is 35.1. The molecule has 0 spiro atoms. The molecule has 73 heavy (non-hydrogen) atoms. The Hall–Kier alpha value is -5.92. The Morgan fingerprint density at radius 1 is 0.945 bits per heavy atom. The minimum Gasteiger partial charge on any atom is -0.495 e. The van der Waals surface area contributed by atoms with E-state index < -0.39 is 12.7 Å². The standard InChI is InChI=1S/C51H66Cl2F3N11O6/c1-35-32-67(40-13-14-42(52)43(53)31-40)63-49(35)62-48(68)11-4-7-37(57)33-65(58)22-24-72-26-28-73-27-25-71-23-19-60-50(69)36-12-15-45(47(29-36)70-3)59-18-6-8-39-30-41-44(61-38-16-20-64(2)21-17-38)9-5-10-46(41)66(39)34-51(54,55)56/h5,9-10,12-15,29-31,33,35,38,59,61H,4,7,11,16-28,32,34,57-58H2,1-3H3,(H,60,69)(H,62,63,68)/b37-33-/t35-/m0/s1. The Kier molecular flexibility index (Phi) is 21.6. The number of halogens is 5. The predicted molar refractivity (Wildman–Crippen MR) is 281 cm³/mol. The molecule has 0 radical (unpaired) electrons. The molecule has 2 aliphatic heterocycles. The van der Waals surface area contributed by atoms with Crippen LogP contribution in [0.15, 0.2) is 77.7 Å². The molecular weight excluding hydrogens is 991 g/mol. The highest BCUT2D eigenvalue weighted by molar-refractivity contribution is 6.42. The number of fused-ring (bicyclic) bond motifs is 1.